The van der Waals surface area contributed by atoms with E-state index < -0.39 is 30.2 Å². The molecule has 0 saturated heterocycles. The maximum atomic E-state index is 12.3. The quantitative estimate of drug-likeness (QED) is 0.0598. The normalized spacial score (nSPS) is 11.9. The number of fused-ring (bicyclic) bond motifs is 3. The van der Waals surface area contributed by atoms with Crippen LogP contribution >= 0.6 is 0 Å². The highest BCUT2D eigenvalue weighted by atomic mass is 16.6. The van der Waals surface area contributed by atoms with E-state index in [1.54, 1.807) is 0 Å². The van der Waals surface area contributed by atoms with E-state index in [-0.39, 0.29) is 25.6 Å². The van der Waals surface area contributed by atoms with E-state index >= 15 is 0 Å². The minimum Gasteiger partial charge on any atom is -0.476 e. The first-order valence-electron chi connectivity index (χ1n) is 18.6. The van der Waals surface area contributed by atoms with Crippen molar-refractivity contribution >= 4 is 23.8 Å². The fourth-order valence-corrected chi connectivity index (χ4v) is 5.26. The molecule has 55 heavy (non-hydrogen) atoms. The molecule has 1 aliphatic rings. The molecule has 306 valence electrons. The number of carbonyl (C=O) groups is 4. The van der Waals surface area contributed by atoms with E-state index in [0.29, 0.717) is 119 Å². The Labute approximate surface area is 321 Å². The number of alkyl carbamates (subject to hydrolysis) is 1. The van der Waals surface area contributed by atoms with E-state index in [2.05, 4.69) is 29.6 Å². The van der Waals surface area contributed by atoms with Crippen molar-refractivity contribution in [2.45, 2.75) is 25.2 Å². The number of benzene rings is 2. The molecule has 16 nitrogen and oxygen atoms in total. The van der Waals surface area contributed by atoms with Gasteiger partial charge in [0.25, 0.3) is 0 Å². The molecule has 0 bridgehead atoms. The predicted octanol–water partition coefficient (Wildman–Crippen LogP) is 3.03. The van der Waals surface area contributed by atoms with Crippen LogP contribution in [0.25, 0.3) is 11.1 Å². The molecule has 0 heterocycles. The van der Waals surface area contributed by atoms with Gasteiger partial charge in [0.15, 0.2) is 0 Å². The molecule has 16 heteroatoms. The van der Waals surface area contributed by atoms with Crippen molar-refractivity contribution in [1.29, 1.82) is 0 Å². The summed E-state index contributed by atoms with van der Waals surface area (Å²) < 4.78 is 53.9. The third-order valence-corrected chi connectivity index (χ3v) is 7.97. The summed E-state index contributed by atoms with van der Waals surface area (Å²) in [5.41, 5.74) is 4.77. The van der Waals surface area contributed by atoms with E-state index in [1.807, 2.05) is 24.3 Å². The largest absolute Gasteiger partial charge is 0.476 e. The van der Waals surface area contributed by atoms with Crippen LogP contribution in [-0.4, -0.2) is 154 Å². The highest BCUT2D eigenvalue weighted by molar-refractivity contribution is 6.32. The van der Waals surface area contributed by atoms with Crippen LogP contribution in [-0.2, 0) is 61.8 Å². The van der Waals surface area contributed by atoms with Crippen LogP contribution in [0.2, 0.25) is 0 Å². The van der Waals surface area contributed by atoms with Gasteiger partial charge in [0.1, 0.15) is 13.2 Å². The topological polar surface area (TPSA) is 193 Å². The molecule has 2 aromatic carbocycles. The van der Waals surface area contributed by atoms with Crippen LogP contribution < -0.4 is 5.32 Å². The molecule has 3 rings (SSSR count). The summed E-state index contributed by atoms with van der Waals surface area (Å²) in [5.74, 6) is -3.21. The number of ketones is 1. The van der Waals surface area contributed by atoms with E-state index in [1.165, 1.54) is 22.3 Å². The Balaban J connectivity index is 0.960. The van der Waals surface area contributed by atoms with Crippen LogP contribution in [0.1, 0.15) is 36.3 Å². The summed E-state index contributed by atoms with van der Waals surface area (Å²) in [7, 11) is 0. The Morgan fingerprint density at radius 2 is 0.909 bits per heavy atom. The molecule has 2 N–H and O–H groups in total. The van der Waals surface area contributed by atoms with Gasteiger partial charge in [-0.3, -0.25) is 9.59 Å². The lowest BCUT2D eigenvalue weighted by Gasteiger charge is -2.14. The average molecular weight is 778 g/mol. The zero-order valence-electron chi connectivity index (χ0n) is 31.4. The van der Waals surface area contributed by atoms with Gasteiger partial charge in [-0.15, -0.1) is 0 Å². The molecule has 0 saturated carbocycles. The first-order valence-corrected chi connectivity index (χ1v) is 18.6. The molecule has 0 atom stereocenters. The van der Waals surface area contributed by atoms with Gasteiger partial charge in [-0.05, 0) is 28.7 Å². The number of Topliss-reactive ketones (excluding diaryl/α,β-unsaturated/α-hetero) is 1. The summed E-state index contributed by atoms with van der Waals surface area (Å²) in [5, 5.41) is 11.2. The van der Waals surface area contributed by atoms with Crippen LogP contribution in [0, 0.1) is 0 Å². The highest BCUT2D eigenvalue weighted by Crippen LogP contribution is 2.44. The second kappa shape index (κ2) is 29.3. The van der Waals surface area contributed by atoms with Gasteiger partial charge in [0.2, 0.25) is 5.78 Å². The second-order valence-corrected chi connectivity index (χ2v) is 12.0. The second-order valence-electron chi connectivity index (χ2n) is 12.0. The molecule has 0 spiro atoms. The predicted molar refractivity (Wildman–Crippen MR) is 197 cm³/mol. The van der Waals surface area contributed by atoms with E-state index in [9.17, 15) is 19.2 Å². The fraction of sp³-hybridized carbons (Fsp3) is 0.590. The zero-order valence-corrected chi connectivity index (χ0v) is 31.4. The van der Waals surface area contributed by atoms with Crippen molar-refractivity contribution in [3.63, 3.8) is 0 Å². The summed E-state index contributed by atoms with van der Waals surface area (Å²) in [4.78, 5) is 45.0. The Morgan fingerprint density at radius 3 is 1.35 bits per heavy atom. The average Bonchev–Trinajstić information content (AvgIpc) is 3.51. The van der Waals surface area contributed by atoms with Crippen molar-refractivity contribution in [3.05, 3.63) is 59.7 Å². The van der Waals surface area contributed by atoms with Crippen molar-refractivity contribution < 1.29 is 71.7 Å². The Hall–Kier alpha value is -4.00. The molecule has 0 aromatic heterocycles. The van der Waals surface area contributed by atoms with Crippen LogP contribution in [0.4, 0.5) is 4.79 Å². The maximum absolute atomic E-state index is 12.3. The number of carbonyl (C=O) groups excluding carboxylic acids is 3. The minimum absolute atomic E-state index is 0.00827. The number of esters is 1. The standard InChI is InChI=1S/C39H55NO15/c41-36(38(43)44)10-11-37(42)54-29-28-53-27-26-52-25-24-51-23-22-50-21-20-49-19-18-48-17-16-47-15-14-46-13-5-12-40-39(45)55-30-35-33-8-3-1-6-31(33)32-7-2-4-9-34(32)35/h1-4,6-9,35H,5,10-30H2,(H,40,45)(H,43,44). The number of nitrogens with one attached hydrogen (secondary N) is 1. The van der Waals surface area contributed by atoms with Gasteiger partial charge >= 0.3 is 18.0 Å². The lowest BCUT2D eigenvalue weighted by molar-refractivity contribution is -0.151. The van der Waals surface area contributed by atoms with Crippen molar-refractivity contribution in [2.75, 3.05) is 125 Å². The third-order valence-electron chi connectivity index (χ3n) is 7.97. The van der Waals surface area contributed by atoms with E-state index in [0.717, 1.165) is 0 Å². The smallest absolute Gasteiger partial charge is 0.407 e. The number of ether oxygens (including phenoxy) is 10. The monoisotopic (exact) mass is 777 g/mol. The number of carboxylic acid groups (broad SMARTS) is 1. The molecule has 0 unspecified atom stereocenters. The molecule has 0 radical (unpaired) electrons. The molecule has 1 aliphatic carbocycles. The number of hydrogen-bond donors (Lipinski definition) is 2. The summed E-state index contributed by atoms with van der Waals surface area (Å²) in [6, 6.07) is 16.5. The van der Waals surface area contributed by atoms with Crippen molar-refractivity contribution in [1.82, 2.24) is 5.32 Å². The number of carboxylic acids is 1. The van der Waals surface area contributed by atoms with Crippen LogP contribution in [0.5, 0.6) is 0 Å². The molecule has 2 aromatic rings. The first kappa shape index (κ1) is 45.4. The van der Waals surface area contributed by atoms with Gasteiger partial charge in [-0.2, -0.15) is 0 Å². The van der Waals surface area contributed by atoms with Gasteiger partial charge in [0, 0.05) is 25.5 Å². The summed E-state index contributed by atoms with van der Waals surface area (Å²) in [6.45, 7) is 7.39. The number of hydrogen-bond acceptors (Lipinski definition) is 14. The van der Waals surface area contributed by atoms with Gasteiger partial charge in [-0.25, -0.2) is 9.59 Å². The van der Waals surface area contributed by atoms with Crippen LogP contribution in [0.3, 0.4) is 0 Å². The highest BCUT2D eigenvalue weighted by Gasteiger charge is 2.29. The maximum Gasteiger partial charge on any atom is 0.407 e. The Bertz CT molecular complexity index is 1350. The number of rotatable bonds is 34. The van der Waals surface area contributed by atoms with Crippen molar-refractivity contribution in [2.24, 2.45) is 0 Å². The molecule has 0 aliphatic heterocycles. The molecule has 0 fully saturated rings. The molecule has 1 amide bonds. The number of aliphatic carboxylic acids is 1. The molecular weight excluding hydrogens is 722 g/mol. The lowest BCUT2D eigenvalue weighted by atomic mass is 9.98. The van der Waals surface area contributed by atoms with Crippen LogP contribution in [0.15, 0.2) is 48.5 Å². The summed E-state index contributed by atoms with van der Waals surface area (Å²) >= 11 is 0. The molecular formula is C39H55NO15. The lowest BCUT2D eigenvalue weighted by Crippen LogP contribution is -2.27. The van der Waals surface area contributed by atoms with Gasteiger partial charge in [-0.1, -0.05) is 48.5 Å². The SMILES string of the molecule is O=C(CCC(=O)C(=O)O)OCCOCCOCCOCCOCCOCCOCCOCCOCCCNC(=O)OCC1c2ccccc2-c2ccccc21. The zero-order chi connectivity index (χ0) is 39.2. The Kier molecular flexibility index (Phi) is 24.2. The van der Waals surface area contributed by atoms with Gasteiger partial charge in [0.05, 0.1) is 106 Å². The van der Waals surface area contributed by atoms with Gasteiger partial charge < -0.3 is 57.8 Å². The Morgan fingerprint density at radius 1 is 0.509 bits per heavy atom. The first-order chi connectivity index (χ1) is 27.0. The van der Waals surface area contributed by atoms with E-state index in [4.69, 9.17) is 52.5 Å². The third kappa shape index (κ3) is 19.9. The fourth-order valence-electron chi connectivity index (χ4n) is 5.26. The summed E-state index contributed by atoms with van der Waals surface area (Å²) in [6.07, 6.45) is -0.429. The number of amides is 1. The van der Waals surface area contributed by atoms with Crippen molar-refractivity contribution in [3.8, 4) is 11.1 Å². The minimum atomic E-state index is -1.57.